The van der Waals surface area contributed by atoms with Crippen molar-refractivity contribution in [3.63, 3.8) is 0 Å². The molecule has 0 N–H and O–H groups in total. The second kappa shape index (κ2) is 13.9. The summed E-state index contributed by atoms with van der Waals surface area (Å²) in [5, 5.41) is 3.22. The molecule has 0 aromatic heterocycles. The molecule has 2 aliphatic heterocycles. The van der Waals surface area contributed by atoms with Crippen LogP contribution in [0.25, 0.3) is 0 Å². The average molecular weight is 664 g/mol. The minimum absolute atomic E-state index is 0. The van der Waals surface area contributed by atoms with Crippen LogP contribution in [-0.4, -0.2) is 51.8 Å². The molecular weight excluding hydrogens is 623 g/mol. The van der Waals surface area contributed by atoms with Gasteiger partial charge in [-0.1, -0.05) is 52.9 Å². The van der Waals surface area contributed by atoms with E-state index in [4.69, 9.17) is 0 Å². The van der Waals surface area contributed by atoms with E-state index in [1.807, 2.05) is 0 Å². The van der Waals surface area contributed by atoms with Gasteiger partial charge in [0.1, 0.15) is 16.5 Å². The van der Waals surface area contributed by atoms with Gasteiger partial charge >= 0.3 is 26.2 Å². The van der Waals surface area contributed by atoms with Crippen LogP contribution in [0.15, 0.2) is 33.7 Å². The van der Waals surface area contributed by atoms with Gasteiger partial charge in [-0.15, -0.1) is 0 Å². The first-order chi connectivity index (χ1) is 13.2. The fraction of sp³-hybridized carbons (Fsp3) is 0.667. The number of rotatable bonds is 4. The maximum absolute atomic E-state index is 3.57. The molecule has 2 aliphatic carbocycles. The molecule has 0 atom stereocenters. The minimum Gasteiger partial charge on any atom is -1.00 e. The molecule has 2 saturated heterocycles. The average Bonchev–Trinajstić information content (AvgIpc) is 3.42. The molecule has 0 spiro atoms. The van der Waals surface area contributed by atoms with Crippen LogP contribution in [0.2, 0.25) is 26.2 Å². The Labute approximate surface area is 234 Å². The van der Waals surface area contributed by atoms with Crippen LogP contribution in [0, 0.1) is 12.2 Å². The molecule has 0 unspecified atom stereocenters. The van der Waals surface area contributed by atoms with Crippen molar-refractivity contribution in [1.82, 2.24) is 9.13 Å². The van der Waals surface area contributed by atoms with Crippen molar-refractivity contribution in [2.75, 3.05) is 26.2 Å². The standard InChI is InChI=1S/2C12H20NSi.2BrH.Zr/c2*1-11-6-7-12(10-11)14(2,3)13-8-4-5-9-13;;;/h2*6H,4-5,7-9H2,1-3H3;2*1H;/q2*-1;;;+4/p-2. The van der Waals surface area contributed by atoms with Gasteiger partial charge in [-0.3, -0.25) is 12.2 Å². The van der Waals surface area contributed by atoms with E-state index < -0.39 is 16.5 Å². The van der Waals surface area contributed by atoms with Crippen LogP contribution in [0.1, 0.15) is 52.4 Å². The fourth-order valence-corrected chi connectivity index (χ4v) is 10.8. The SMILES string of the molecule is CC1=CCC([Si](C)(C)N2CCCC2)=[C-]1.CC1=CCC([Si](C)(C)N2CCCC2)=[C-]1.[Br-].[Br-].[Zr+4]. The first-order valence-corrected chi connectivity index (χ1v) is 17.2. The fourth-order valence-electron chi connectivity index (χ4n) is 4.93. The maximum atomic E-state index is 3.57. The second-order valence-electron chi connectivity index (χ2n) is 9.90. The van der Waals surface area contributed by atoms with Crippen LogP contribution in [-0.2, 0) is 26.2 Å². The molecule has 0 aromatic rings. The number of allylic oxidation sites excluding steroid dienone is 8. The maximum Gasteiger partial charge on any atom is 4.00 e. The van der Waals surface area contributed by atoms with Crippen LogP contribution >= 0.6 is 0 Å². The molecule has 0 saturated carbocycles. The van der Waals surface area contributed by atoms with Gasteiger partial charge in [-0.05, 0) is 51.9 Å². The Bertz CT molecular complexity index is 642. The summed E-state index contributed by atoms with van der Waals surface area (Å²) in [5.74, 6) is 0. The number of nitrogens with zero attached hydrogens (tertiary/aromatic N) is 2. The van der Waals surface area contributed by atoms with Crippen LogP contribution in [0.3, 0.4) is 0 Å². The van der Waals surface area contributed by atoms with Gasteiger partial charge in [-0.25, -0.2) is 23.3 Å². The van der Waals surface area contributed by atoms with Gasteiger partial charge in [0.15, 0.2) is 0 Å². The summed E-state index contributed by atoms with van der Waals surface area (Å²) < 4.78 is 5.48. The van der Waals surface area contributed by atoms with Crippen molar-refractivity contribution < 1.29 is 60.2 Å². The summed E-state index contributed by atoms with van der Waals surface area (Å²) in [7, 11) is -2.58. The predicted octanol–water partition coefficient (Wildman–Crippen LogP) is -0.182. The largest absolute Gasteiger partial charge is 4.00 e. The second-order valence-corrected chi connectivity index (χ2v) is 18.6. The van der Waals surface area contributed by atoms with E-state index in [2.05, 4.69) is 73.5 Å². The van der Waals surface area contributed by atoms with Gasteiger partial charge in [0.05, 0.1) is 0 Å². The first kappa shape index (κ1) is 32.2. The van der Waals surface area contributed by atoms with Gasteiger partial charge in [0.2, 0.25) is 0 Å². The smallest absolute Gasteiger partial charge is 1.00 e. The molecule has 31 heavy (non-hydrogen) atoms. The van der Waals surface area contributed by atoms with Crippen LogP contribution < -0.4 is 34.0 Å². The van der Waals surface area contributed by atoms with Crippen molar-refractivity contribution >= 4 is 16.5 Å². The Hall–Kier alpha value is 1.16. The molecule has 0 amide bonds. The molecule has 4 aliphatic rings. The molecule has 0 bridgehead atoms. The van der Waals surface area contributed by atoms with Gasteiger partial charge < -0.3 is 43.1 Å². The normalized spacial score (nSPS) is 21.6. The summed E-state index contributed by atoms with van der Waals surface area (Å²) in [4.78, 5) is 0. The third kappa shape index (κ3) is 8.11. The van der Waals surface area contributed by atoms with E-state index in [0.29, 0.717) is 0 Å². The number of halogens is 2. The Morgan fingerprint density at radius 3 is 1.16 bits per heavy atom. The van der Waals surface area contributed by atoms with Crippen molar-refractivity contribution in [2.24, 2.45) is 0 Å². The van der Waals surface area contributed by atoms with E-state index in [1.165, 1.54) is 75.9 Å². The molecule has 0 radical (unpaired) electrons. The zero-order valence-electron chi connectivity index (χ0n) is 20.4. The quantitative estimate of drug-likeness (QED) is 0.305. The van der Waals surface area contributed by atoms with Crippen LogP contribution in [0.4, 0.5) is 0 Å². The number of hydrogen-bond acceptors (Lipinski definition) is 2. The summed E-state index contributed by atoms with van der Waals surface area (Å²) in [6.07, 6.45) is 19.7. The number of hydrogen-bond donors (Lipinski definition) is 0. The van der Waals surface area contributed by atoms with Gasteiger partial charge in [0.25, 0.3) is 0 Å². The van der Waals surface area contributed by atoms with E-state index in [0.717, 1.165) is 0 Å². The van der Waals surface area contributed by atoms with Gasteiger partial charge in [-0.2, -0.15) is 10.4 Å². The molecule has 2 fully saturated rings. The van der Waals surface area contributed by atoms with E-state index >= 15 is 0 Å². The van der Waals surface area contributed by atoms with E-state index in [-0.39, 0.29) is 60.2 Å². The predicted molar refractivity (Wildman–Crippen MR) is 127 cm³/mol. The van der Waals surface area contributed by atoms with E-state index in [1.54, 1.807) is 10.4 Å². The minimum atomic E-state index is -1.29. The first-order valence-electron chi connectivity index (χ1n) is 11.3. The third-order valence-electron chi connectivity index (χ3n) is 7.19. The van der Waals surface area contributed by atoms with Crippen molar-refractivity contribution in [3.8, 4) is 0 Å². The Morgan fingerprint density at radius 1 is 0.645 bits per heavy atom. The summed E-state index contributed by atoms with van der Waals surface area (Å²) >= 11 is 0. The molecular formula is C24H40Br2N2Si2Zr. The zero-order chi connectivity index (χ0) is 20.4. The van der Waals surface area contributed by atoms with Crippen molar-refractivity contribution in [3.05, 3.63) is 45.8 Å². The van der Waals surface area contributed by atoms with Crippen molar-refractivity contribution in [2.45, 2.75) is 78.6 Å². The van der Waals surface area contributed by atoms with E-state index in [9.17, 15) is 0 Å². The van der Waals surface area contributed by atoms with Gasteiger partial charge in [0, 0.05) is 0 Å². The molecule has 7 heteroatoms. The van der Waals surface area contributed by atoms with Crippen LogP contribution in [0.5, 0.6) is 0 Å². The summed E-state index contributed by atoms with van der Waals surface area (Å²) in [6.45, 7) is 19.5. The Kier molecular flexibility index (Phi) is 14.4. The monoisotopic (exact) mass is 660 g/mol. The third-order valence-corrected chi connectivity index (χ3v) is 14.9. The molecule has 4 rings (SSSR count). The summed E-state index contributed by atoms with van der Waals surface area (Å²) in [5.41, 5.74) is 2.69. The Balaban J connectivity index is 0.000000529. The summed E-state index contributed by atoms with van der Waals surface area (Å²) in [6, 6.07) is 0. The molecule has 0 aromatic carbocycles. The Morgan fingerprint density at radius 2 is 0.935 bits per heavy atom. The molecule has 2 nitrogen and oxygen atoms in total. The topological polar surface area (TPSA) is 6.48 Å². The zero-order valence-corrected chi connectivity index (χ0v) is 28.0. The molecule has 2 heterocycles. The molecule has 172 valence electrons. The van der Waals surface area contributed by atoms with Crippen molar-refractivity contribution in [1.29, 1.82) is 0 Å².